The number of imide groups is 1. The summed E-state index contributed by atoms with van der Waals surface area (Å²) in [5.41, 5.74) is 1.84. The Morgan fingerprint density at radius 1 is 0.547 bits per heavy atom. The van der Waals surface area contributed by atoms with Gasteiger partial charge >= 0.3 is 17.9 Å². The first-order chi connectivity index (χ1) is 25.9. The van der Waals surface area contributed by atoms with Gasteiger partial charge in [-0.3, -0.25) is 14.5 Å². The Morgan fingerprint density at radius 2 is 1.00 bits per heavy atom. The summed E-state index contributed by atoms with van der Waals surface area (Å²) in [6.07, 6.45) is 0.432. The number of carbonyl (C=O) groups is 5. The fraction of sp³-hybridized carbons (Fsp3) is 0.310. The number of unbranched alkanes of at least 4 members (excludes halogenated alkanes) is 5. The van der Waals surface area contributed by atoms with Crippen LogP contribution in [0.4, 0.5) is 0 Å². The van der Waals surface area contributed by atoms with Crippen molar-refractivity contribution in [2.24, 2.45) is 0 Å². The van der Waals surface area contributed by atoms with Crippen LogP contribution >= 0.6 is 0 Å². The van der Waals surface area contributed by atoms with Gasteiger partial charge in [-0.05, 0) is 61.4 Å². The third-order valence-corrected chi connectivity index (χ3v) is 9.10. The van der Waals surface area contributed by atoms with E-state index in [1.807, 2.05) is 0 Å². The topological polar surface area (TPSA) is 135 Å². The number of ether oxygens (including phenoxy) is 5. The van der Waals surface area contributed by atoms with Crippen LogP contribution in [0.5, 0.6) is 0 Å². The first-order valence-corrected chi connectivity index (χ1v) is 17.9. The van der Waals surface area contributed by atoms with Crippen molar-refractivity contribution in [3.63, 3.8) is 0 Å². The molecule has 4 atom stereocenters. The van der Waals surface area contributed by atoms with E-state index in [-0.39, 0.29) is 30.6 Å². The number of esters is 3. The Bertz CT molecular complexity index is 1830. The van der Waals surface area contributed by atoms with Gasteiger partial charge in [0.1, 0.15) is 12.7 Å². The van der Waals surface area contributed by atoms with E-state index in [1.165, 1.54) is 4.90 Å². The maximum Gasteiger partial charge on any atom is 0.338 e. The van der Waals surface area contributed by atoms with Crippen molar-refractivity contribution in [2.75, 3.05) is 19.8 Å². The lowest BCUT2D eigenvalue weighted by Crippen LogP contribution is -2.42. The van der Waals surface area contributed by atoms with Gasteiger partial charge in [-0.15, -0.1) is 0 Å². The van der Waals surface area contributed by atoms with E-state index < -0.39 is 42.5 Å². The van der Waals surface area contributed by atoms with E-state index in [2.05, 4.69) is 0 Å². The third kappa shape index (κ3) is 9.43. The average Bonchev–Trinajstić information content (AvgIpc) is 3.64. The molecule has 0 bridgehead atoms. The van der Waals surface area contributed by atoms with Crippen molar-refractivity contribution in [1.82, 2.24) is 4.90 Å². The molecule has 2 aliphatic rings. The van der Waals surface area contributed by atoms with E-state index in [9.17, 15) is 24.0 Å². The number of rotatable bonds is 17. The second-order valence-corrected chi connectivity index (χ2v) is 12.8. The third-order valence-electron chi connectivity index (χ3n) is 9.10. The van der Waals surface area contributed by atoms with Crippen molar-refractivity contribution in [2.45, 2.75) is 63.1 Å². The van der Waals surface area contributed by atoms with Crippen LogP contribution in [-0.4, -0.2) is 79.0 Å². The number of amides is 2. The lowest BCUT2D eigenvalue weighted by Gasteiger charge is -2.24. The van der Waals surface area contributed by atoms with Crippen molar-refractivity contribution in [1.29, 1.82) is 0 Å². The Morgan fingerprint density at radius 3 is 1.55 bits per heavy atom. The van der Waals surface area contributed by atoms with Gasteiger partial charge in [0.15, 0.2) is 18.5 Å². The zero-order valence-corrected chi connectivity index (χ0v) is 29.2. The lowest BCUT2D eigenvalue weighted by atomic mass is 10.1. The van der Waals surface area contributed by atoms with Gasteiger partial charge in [-0.2, -0.15) is 0 Å². The van der Waals surface area contributed by atoms with Crippen LogP contribution in [0.2, 0.25) is 0 Å². The molecule has 0 aromatic heterocycles. The van der Waals surface area contributed by atoms with Gasteiger partial charge in [0.2, 0.25) is 0 Å². The van der Waals surface area contributed by atoms with Crippen molar-refractivity contribution >= 4 is 29.7 Å². The minimum atomic E-state index is -1.17. The van der Waals surface area contributed by atoms with Gasteiger partial charge in [0.25, 0.3) is 11.8 Å². The Balaban J connectivity index is 1.04. The Labute approximate surface area is 307 Å². The summed E-state index contributed by atoms with van der Waals surface area (Å²) in [6.45, 7) is 0.352. The molecule has 0 N–H and O–H groups in total. The smallest absolute Gasteiger partial charge is 0.338 e. The lowest BCUT2D eigenvalue weighted by molar-refractivity contribution is -0.171. The summed E-state index contributed by atoms with van der Waals surface area (Å²) in [5.74, 6) is -2.38. The highest BCUT2D eigenvalue weighted by Crippen LogP contribution is 2.30. The summed E-state index contributed by atoms with van der Waals surface area (Å²) in [7, 11) is 0. The quantitative estimate of drug-likeness (QED) is 0.0504. The molecule has 0 aliphatic carbocycles. The number of carbonyl (C=O) groups excluding carboxylic acids is 5. The second kappa shape index (κ2) is 18.2. The molecule has 6 rings (SSSR count). The maximum atomic E-state index is 13.3. The van der Waals surface area contributed by atoms with E-state index in [0.29, 0.717) is 41.6 Å². The molecule has 0 spiro atoms. The molecule has 53 heavy (non-hydrogen) atoms. The molecule has 0 unspecified atom stereocenters. The van der Waals surface area contributed by atoms with Crippen LogP contribution in [0.1, 0.15) is 90.3 Å². The highest BCUT2D eigenvalue weighted by molar-refractivity contribution is 6.21. The largest absolute Gasteiger partial charge is 0.459 e. The van der Waals surface area contributed by atoms with Crippen molar-refractivity contribution < 1.29 is 47.7 Å². The molecule has 0 radical (unpaired) electrons. The molecular weight excluding hydrogens is 678 g/mol. The first kappa shape index (κ1) is 37.1. The molecule has 2 amide bonds. The molecule has 11 nitrogen and oxygen atoms in total. The summed E-state index contributed by atoms with van der Waals surface area (Å²) < 4.78 is 29.7. The van der Waals surface area contributed by atoms with Crippen molar-refractivity contribution in [3.05, 3.63) is 143 Å². The zero-order valence-electron chi connectivity index (χ0n) is 29.2. The van der Waals surface area contributed by atoms with E-state index >= 15 is 0 Å². The Hall–Kier alpha value is -5.65. The molecule has 2 heterocycles. The molecule has 2 aliphatic heterocycles. The summed E-state index contributed by atoms with van der Waals surface area (Å²) in [5, 5.41) is 0. The molecule has 1 fully saturated rings. The second-order valence-electron chi connectivity index (χ2n) is 12.8. The number of hydrogen-bond donors (Lipinski definition) is 0. The normalized spacial score (nSPS) is 19.1. The van der Waals surface area contributed by atoms with E-state index in [1.54, 1.807) is 115 Å². The van der Waals surface area contributed by atoms with Gasteiger partial charge < -0.3 is 23.7 Å². The maximum absolute atomic E-state index is 13.3. The molecule has 4 aromatic carbocycles. The number of nitrogens with zero attached hydrogens (tertiary/aromatic N) is 1. The molecule has 1 saturated heterocycles. The highest BCUT2D eigenvalue weighted by Gasteiger charge is 2.51. The fourth-order valence-electron chi connectivity index (χ4n) is 6.30. The van der Waals surface area contributed by atoms with E-state index in [4.69, 9.17) is 23.7 Å². The monoisotopic (exact) mass is 719 g/mol. The number of fused-ring (bicyclic) bond motifs is 1. The van der Waals surface area contributed by atoms with Gasteiger partial charge in [0, 0.05) is 13.2 Å². The zero-order chi connectivity index (χ0) is 37.0. The van der Waals surface area contributed by atoms with E-state index in [0.717, 1.165) is 25.7 Å². The predicted octanol–water partition coefficient (Wildman–Crippen LogP) is 6.67. The minimum Gasteiger partial charge on any atom is -0.459 e. The predicted molar refractivity (Wildman–Crippen MR) is 192 cm³/mol. The fourth-order valence-corrected chi connectivity index (χ4v) is 6.30. The van der Waals surface area contributed by atoms with Crippen LogP contribution in [0, 0.1) is 0 Å². The molecule has 4 aromatic rings. The van der Waals surface area contributed by atoms with Gasteiger partial charge in [0.05, 0.1) is 27.8 Å². The standard InChI is InChI=1S/C42H41NO10/c44-37-32-24-14-15-25-33(32)38(45)43(37)26-16-3-1-2-4-17-27-49-42-36(53-41(48)31-22-12-7-13-23-31)35(52-40(47)30-20-10-6-11-21-30)34(51-42)28-50-39(46)29-18-8-5-9-19-29/h5-15,18-25,34-36,42H,1-4,16-17,26-28H2/t34-,35-,36+,42+/m0/s1. The SMILES string of the molecule is O=C(OC[C@@H]1O[C@@H](OCCCCCCCCN2C(=O)c3ccccc3C2=O)[C@H](OC(=O)c2ccccc2)[C@H]1OC(=O)c1ccccc1)c1ccccc1. The summed E-state index contributed by atoms with van der Waals surface area (Å²) in [4.78, 5) is 65.9. The number of benzene rings is 4. The molecule has 274 valence electrons. The van der Waals surface area contributed by atoms with Crippen LogP contribution < -0.4 is 0 Å². The highest BCUT2D eigenvalue weighted by atomic mass is 16.7. The molecule has 0 saturated carbocycles. The minimum absolute atomic E-state index is 0.238. The molecular formula is C42H41NO10. The summed E-state index contributed by atoms with van der Waals surface area (Å²) in [6, 6.07) is 32.1. The van der Waals surface area contributed by atoms with Crippen LogP contribution in [-0.2, 0) is 23.7 Å². The number of hydrogen-bond acceptors (Lipinski definition) is 10. The van der Waals surface area contributed by atoms with Crippen molar-refractivity contribution in [3.8, 4) is 0 Å². The Kier molecular flexibility index (Phi) is 12.8. The van der Waals surface area contributed by atoms with Gasteiger partial charge in [-0.1, -0.05) is 92.4 Å². The summed E-state index contributed by atoms with van der Waals surface area (Å²) >= 11 is 0. The first-order valence-electron chi connectivity index (χ1n) is 17.9. The van der Waals surface area contributed by atoms with Crippen LogP contribution in [0.3, 0.4) is 0 Å². The molecule has 11 heteroatoms. The van der Waals surface area contributed by atoms with Crippen LogP contribution in [0.15, 0.2) is 115 Å². The van der Waals surface area contributed by atoms with Gasteiger partial charge in [-0.25, -0.2) is 14.4 Å². The van der Waals surface area contributed by atoms with Crippen LogP contribution in [0.25, 0.3) is 0 Å². The average molecular weight is 720 g/mol.